The molecule has 0 bridgehead atoms. The number of thioether (sulfide) groups is 1. The van der Waals surface area contributed by atoms with Crippen LogP contribution in [0.4, 0.5) is 0 Å². The van der Waals surface area contributed by atoms with Gasteiger partial charge in [-0.2, -0.15) is 9.67 Å². The fraction of sp³-hybridized carbons (Fsp3) is 0.0800. The molecule has 0 aliphatic rings. The van der Waals surface area contributed by atoms with Crippen LogP contribution in [0.15, 0.2) is 89.1 Å². The van der Waals surface area contributed by atoms with E-state index in [-0.39, 0.29) is 17.2 Å². The second kappa shape index (κ2) is 10.6. The molecule has 0 saturated carbocycles. The number of nitrogens with one attached hydrogen (secondary N) is 2. The zero-order valence-corrected chi connectivity index (χ0v) is 19.1. The molecule has 1 amide bonds. The third kappa shape index (κ3) is 5.38. The first-order valence-electron chi connectivity index (χ1n) is 10.4. The Kier molecular flexibility index (Phi) is 7.14. The number of carbonyl (C=O) groups excluding carboxylic acids is 1. The van der Waals surface area contributed by atoms with E-state index in [1.54, 1.807) is 18.2 Å². The Hall–Kier alpha value is -4.24. The molecule has 0 radical (unpaired) electrons. The normalized spacial score (nSPS) is 11.0. The van der Waals surface area contributed by atoms with Gasteiger partial charge in [-0.05, 0) is 49.0 Å². The summed E-state index contributed by atoms with van der Waals surface area (Å²) in [5.41, 5.74) is 5.99. The topological polar surface area (TPSA) is 111 Å². The molecule has 0 atom stereocenters. The van der Waals surface area contributed by atoms with E-state index in [4.69, 9.17) is 0 Å². The van der Waals surface area contributed by atoms with Crippen molar-refractivity contribution in [1.82, 2.24) is 15.6 Å². The number of carboxylic acid groups (broad SMARTS) is 1. The van der Waals surface area contributed by atoms with E-state index in [1.807, 2.05) is 66.1 Å². The zero-order valence-electron chi connectivity index (χ0n) is 18.3. The van der Waals surface area contributed by atoms with Gasteiger partial charge in [0, 0.05) is 5.56 Å². The first-order valence-corrected chi connectivity index (χ1v) is 11.4. The molecule has 9 heteroatoms. The molecule has 8 nitrogen and oxygen atoms in total. The monoisotopic (exact) mass is 472 g/mol. The molecular weight excluding hydrogens is 450 g/mol. The number of aryl methyl sites for hydroxylation is 1. The minimum absolute atomic E-state index is 0.0723. The first-order chi connectivity index (χ1) is 16.5. The number of carboxylic acids is 1. The van der Waals surface area contributed by atoms with Gasteiger partial charge in [0.2, 0.25) is 0 Å². The van der Waals surface area contributed by atoms with Crippen molar-refractivity contribution in [1.29, 1.82) is 0 Å². The van der Waals surface area contributed by atoms with Gasteiger partial charge in [0.05, 0.1) is 28.2 Å². The van der Waals surface area contributed by atoms with E-state index in [2.05, 4.69) is 20.7 Å². The van der Waals surface area contributed by atoms with Gasteiger partial charge in [0.15, 0.2) is 0 Å². The van der Waals surface area contributed by atoms with Crippen LogP contribution >= 0.6 is 11.8 Å². The van der Waals surface area contributed by atoms with Gasteiger partial charge in [-0.3, -0.25) is 4.79 Å². The van der Waals surface area contributed by atoms with Gasteiger partial charge in [-0.25, -0.2) is 10.2 Å². The van der Waals surface area contributed by atoms with E-state index in [1.165, 1.54) is 24.0 Å². The second-order valence-corrected chi connectivity index (χ2v) is 8.31. The highest BCUT2D eigenvalue weighted by molar-refractivity contribution is 7.99. The van der Waals surface area contributed by atoms with E-state index >= 15 is 0 Å². The fourth-order valence-electron chi connectivity index (χ4n) is 3.26. The average Bonchev–Trinajstić information content (AvgIpc) is 3.28. The summed E-state index contributed by atoms with van der Waals surface area (Å²) in [5.74, 6) is -0.523. The molecule has 4 rings (SSSR count). The average molecular weight is 473 g/mol. The molecule has 3 aromatic carbocycles. The number of aromatic amines is 1. The number of aromatic nitrogens is 3. The second-order valence-electron chi connectivity index (χ2n) is 7.37. The Bertz CT molecular complexity index is 1330. The van der Waals surface area contributed by atoms with Gasteiger partial charge in [-0.1, -0.05) is 54.1 Å². The lowest BCUT2D eigenvalue weighted by atomic mass is 10.1. The van der Waals surface area contributed by atoms with Crippen LogP contribution in [0, 0.1) is 6.92 Å². The standard InChI is InChI=1S/C25H21N5O3S/c1-17-11-13-20(14-12-17)30-23(18-7-3-2-4-8-18)28-29-25(30)34-16-22(31)27-26-15-19-9-5-6-10-21(19)24(32)33/h2-15H,16H2,1H3,(H2,27,31,32,33)/p+1/b26-15+. The van der Waals surface area contributed by atoms with Crippen molar-refractivity contribution in [2.45, 2.75) is 12.1 Å². The van der Waals surface area contributed by atoms with Crippen LogP contribution in [0.3, 0.4) is 0 Å². The third-order valence-corrected chi connectivity index (χ3v) is 5.87. The highest BCUT2D eigenvalue weighted by atomic mass is 32.2. The predicted molar refractivity (Wildman–Crippen MR) is 130 cm³/mol. The molecule has 4 aromatic rings. The summed E-state index contributed by atoms with van der Waals surface area (Å²) in [6, 6.07) is 24.3. The van der Waals surface area contributed by atoms with Crippen molar-refractivity contribution >= 4 is 29.9 Å². The Morgan fingerprint density at radius 1 is 1.06 bits per heavy atom. The Morgan fingerprint density at radius 2 is 1.76 bits per heavy atom. The highest BCUT2D eigenvalue weighted by Gasteiger charge is 2.24. The van der Waals surface area contributed by atoms with Crippen molar-refractivity contribution in [3.8, 4) is 17.1 Å². The summed E-state index contributed by atoms with van der Waals surface area (Å²) in [4.78, 5) is 23.7. The molecule has 34 heavy (non-hydrogen) atoms. The van der Waals surface area contributed by atoms with Gasteiger partial charge >= 0.3 is 11.1 Å². The summed E-state index contributed by atoms with van der Waals surface area (Å²) in [6.45, 7) is 2.03. The van der Waals surface area contributed by atoms with Crippen LogP contribution in [0.1, 0.15) is 21.5 Å². The van der Waals surface area contributed by atoms with Crippen LogP contribution in [0.25, 0.3) is 17.1 Å². The fourth-order valence-corrected chi connectivity index (χ4v) is 4.02. The van der Waals surface area contributed by atoms with Gasteiger partial charge in [0.1, 0.15) is 5.69 Å². The van der Waals surface area contributed by atoms with Crippen LogP contribution in [0.2, 0.25) is 0 Å². The quantitative estimate of drug-likeness (QED) is 0.157. The predicted octanol–water partition coefficient (Wildman–Crippen LogP) is 3.60. The maximum absolute atomic E-state index is 12.4. The number of benzene rings is 3. The summed E-state index contributed by atoms with van der Waals surface area (Å²) < 4.78 is 1.97. The van der Waals surface area contributed by atoms with Gasteiger partial charge in [0.25, 0.3) is 11.7 Å². The maximum Gasteiger partial charge on any atom is 0.342 e. The van der Waals surface area contributed by atoms with Crippen molar-refractivity contribution < 1.29 is 19.3 Å². The lowest BCUT2D eigenvalue weighted by Gasteiger charge is -2.05. The highest BCUT2D eigenvalue weighted by Crippen LogP contribution is 2.20. The number of amides is 1. The number of hydrogen-bond acceptors (Lipinski definition) is 5. The first kappa shape index (κ1) is 22.9. The minimum atomic E-state index is -1.06. The number of hydrazone groups is 1. The van der Waals surface area contributed by atoms with Crippen molar-refractivity contribution in [3.63, 3.8) is 0 Å². The molecule has 0 aliphatic carbocycles. The summed E-state index contributed by atoms with van der Waals surface area (Å²) in [5, 5.41) is 21.3. The molecule has 0 fully saturated rings. The number of aromatic carboxylic acids is 1. The molecule has 0 aliphatic heterocycles. The largest absolute Gasteiger partial charge is 0.478 e. The number of nitrogens with zero attached hydrogens (tertiary/aromatic N) is 3. The van der Waals surface area contributed by atoms with Crippen molar-refractivity contribution in [2.75, 3.05) is 5.75 Å². The van der Waals surface area contributed by atoms with Gasteiger partial charge < -0.3 is 5.11 Å². The number of rotatable bonds is 8. The third-order valence-electron chi connectivity index (χ3n) is 4.93. The summed E-state index contributed by atoms with van der Waals surface area (Å²) >= 11 is 1.26. The molecular formula is C25H22N5O3S+. The smallest absolute Gasteiger partial charge is 0.342 e. The SMILES string of the molecule is Cc1ccc(-[n+]2c(SCC(=O)N/N=C/c3ccccc3C(=O)O)n[nH]c2-c2ccccc2)cc1. The van der Waals surface area contributed by atoms with Gasteiger partial charge in [-0.15, -0.1) is 5.10 Å². The van der Waals surface area contributed by atoms with Crippen molar-refractivity contribution in [3.05, 3.63) is 95.6 Å². The Labute approximate surface area is 200 Å². The van der Waals surface area contributed by atoms with E-state index < -0.39 is 5.97 Å². The molecule has 170 valence electrons. The summed E-state index contributed by atoms with van der Waals surface area (Å²) in [6.07, 6.45) is 1.32. The molecule has 3 N–H and O–H groups in total. The lowest BCUT2D eigenvalue weighted by Crippen LogP contribution is -2.34. The maximum atomic E-state index is 12.4. The van der Waals surface area contributed by atoms with Crippen LogP contribution in [0.5, 0.6) is 0 Å². The van der Waals surface area contributed by atoms with Crippen LogP contribution < -0.4 is 9.99 Å². The Morgan fingerprint density at radius 3 is 2.50 bits per heavy atom. The lowest BCUT2D eigenvalue weighted by molar-refractivity contribution is -0.625. The van der Waals surface area contributed by atoms with E-state index in [9.17, 15) is 14.7 Å². The van der Waals surface area contributed by atoms with E-state index in [0.717, 1.165) is 22.6 Å². The number of H-pyrrole nitrogens is 1. The van der Waals surface area contributed by atoms with E-state index in [0.29, 0.717) is 10.7 Å². The van der Waals surface area contributed by atoms with Crippen LogP contribution in [-0.2, 0) is 4.79 Å². The van der Waals surface area contributed by atoms with Crippen LogP contribution in [-0.4, -0.2) is 39.1 Å². The summed E-state index contributed by atoms with van der Waals surface area (Å²) in [7, 11) is 0. The number of carbonyl (C=O) groups is 2. The number of hydrogen-bond donors (Lipinski definition) is 3. The van der Waals surface area contributed by atoms with Crippen molar-refractivity contribution in [2.24, 2.45) is 5.10 Å². The Balaban J connectivity index is 1.50. The minimum Gasteiger partial charge on any atom is -0.478 e. The zero-order chi connectivity index (χ0) is 23.9. The molecule has 0 unspecified atom stereocenters. The molecule has 1 heterocycles. The molecule has 0 saturated heterocycles. The molecule has 1 aromatic heterocycles. The molecule has 0 spiro atoms.